The van der Waals surface area contributed by atoms with Gasteiger partial charge in [0.2, 0.25) is 0 Å². The fourth-order valence-electron chi connectivity index (χ4n) is 2.44. The molecule has 0 bridgehead atoms. The molecule has 4 nitrogen and oxygen atoms in total. The average Bonchev–Trinajstić information content (AvgIpc) is 2.61. The molecule has 1 N–H and O–H groups in total. The molecule has 1 amide bonds. The quantitative estimate of drug-likeness (QED) is 0.797. The van der Waals surface area contributed by atoms with Crippen LogP contribution in [0.3, 0.4) is 0 Å². The minimum absolute atomic E-state index is 0.0618. The summed E-state index contributed by atoms with van der Waals surface area (Å²) in [5, 5.41) is 3.90. The number of pyridine rings is 2. The summed E-state index contributed by atoms with van der Waals surface area (Å²) >= 11 is 0. The van der Waals surface area contributed by atoms with Gasteiger partial charge in [-0.15, -0.1) is 0 Å². The lowest BCUT2D eigenvalue weighted by Gasteiger charge is -2.14. The number of carbonyl (C=O) groups excluding carboxylic acids is 1. The molecule has 3 rings (SSSR count). The van der Waals surface area contributed by atoms with Crippen LogP contribution in [0.2, 0.25) is 0 Å². The van der Waals surface area contributed by atoms with Gasteiger partial charge in [0.25, 0.3) is 5.91 Å². The summed E-state index contributed by atoms with van der Waals surface area (Å²) in [4.78, 5) is 21.4. The standard InChI is InChI=1S/C19H19N3O/c1-3-13(2)21-19(23)16-12-18(14-8-10-20-11-9-14)22-17-7-5-4-6-15(16)17/h4-13H,3H2,1-2H3,(H,21,23)/t13-/m1/s1. The van der Waals surface area contributed by atoms with Gasteiger partial charge >= 0.3 is 0 Å². The lowest BCUT2D eigenvalue weighted by atomic mass is 10.0. The van der Waals surface area contributed by atoms with E-state index in [1.54, 1.807) is 12.4 Å². The normalized spacial score (nSPS) is 12.1. The van der Waals surface area contributed by atoms with E-state index in [9.17, 15) is 4.79 Å². The van der Waals surface area contributed by atoms with Crippen LogP contribution in [0.15, 0.2) is 54.9 Å². The van der Waals surface area contributed by atoms with E-state index in [0.717, 1.165) is 28.6 Å². The molecule has 0 aliphatic heterocycles. The molecule has 116 valence electrons. The molecule has 0 saturated carbocycles. The third kappa shape index (κ3) is 3.21. The number of rotatable bonds is 4. The van der Waals surface area contributed by atoms with Crippen LogP contribution >= 0.6 is 0 Å². The van der Waals surface area contributed by atoms with E-state index >= 15 is 0 Å². The van der Waals surface area contributed by atoms with Crippen molar-refractivity contribution >= 4 is 16.8 Å². The summed E-state index contributed by atoms with van der Waals surface area (Å²) in [6, 6.07) is 13.5. The number of carbonyl (C=O) groups is 1. The van der Waals surface area contributed by atoms with Gasteiger partial charge in [-0.05, 0) is 37.6 Å². The number of amides is 1. The lowest BCUT2D eigenvalue weighted by molar-refractivity contribution is 0.0941. The van der Waals surface area contributed by atoms with Gasteiger partial charge < -0.3 is 5.32 Å². The number of nitrogens with one attached hydrogen (secondary N) is 1. The zero-order valence-electron chi connectivity index (χ0n) is 13.3. The maximum absolute atomic E-state index is 12.7. The van der Waals surface area contributed by atoms with E-state index < -0.39 is 0 Å². The second kappa shape index (κ2) is 6.57. The molecule has 0 fully saturated rings. The van der Waals surface area contributed by atoms with Crippen LogP contribution in [-0.4, -0.2) is 21.9 Å². The molecule has 1 aromatic carbocycles. The molecule has 0 aliphatic carbocycles. The molecule has 0 unspecified atom stereocenters. The number of hydrogen-bond acceptors (Lipinski definition) is 3. The van der Waals surface area contributed by atoms with Gasteiger partial charge in [0.15, 0.2) is 0 Å². The first-order valence-corrected chi connectivity index (χ1v) is 7.80. The number of para-hydroxylation sites is 1. The Morgan fingerprint density at radius 3 is 2.65 bits per heavy atom. The SMILES string of the molecule is CC[C@@H](C)NC(=O)c1cc(-c2ccncc2)nc2ccccc12. The second-order valence-electron chi connectivity index (χ2n) is 5.59. The summed E-state index contributed by atoms with van der Waals surface area (Å²) < 4.78 is 0. The minimum atomic E-state index is -0.0618. The predicted molar refractivity (Wildman–Crippen MR) is 92.2 cm³/mol. The van der Waals surface area contributed by atoms with Crippen molar-refractivity contribution in [3.63, 3.8) is 0 Å². The first-order valence-electron chi connectivity index (χ1n) is 7.80. The van der Waals surface area contributed by atoms with Gasteiger partial charge in [0.1, 0.15) is 0 Å². The van der Waals surface area contributed by atoms with Gasteiger partial charge in [-0.25, -0.2) is 4.98 Å². The van der Waals surface area contributed by atoms with Crippen molar-refractivity contribution < 1.29 is 4.79 Å². The van der Waals surface area contributed by atoms with Crippen molar-refractivity contribution in [1.82, 2.24) is 15.3 Å². The molecule has 0 saturated heterocycles. The average molecular weight is 305 g/mol. The summed E-state index contributed by atoms with van der Waals surface area (Å²) in [5.41, 5.74) is 3.20. The minimum Gasteiger partial charge on any atom is -0.350 e. The van der Waals surface area contributed by atoms with Crippen LogP contribution in [0.25, 0.3) is 22.2 Å². The third-order valence-corrected chi connectivity index (χ3v) is 3.93. The van der Waals surface area contributed by atoms with Crippen molar-refractivity contribution in [2.24, 2.45) is 0 Å². The summed E-state index contributed by atoms with van der Waals surface area (Å²) in [6.45, 7) is 4.06. The van der Waals surface area contributed by atoms with Crippen molar-refractivity contribution in [2.45, 2.75) is 26.3 Å². The van der Waals surface area contributed by atoms with E-state index in [0.29, 0.717) is 5.56 Å². The van der Waals surface area contributed by atoms with Crippen molar-refractivity contribution in [3.05, 3.63) is 60.4 Å². The molecular formula is C19H19N3O. The predicted octanol–water partition coefficient (Wildman–Crippen LogP) is 3.83. The van der Waals surface area contributed by atoms with E-state index in [-0.39, 0.29) is 11.9 Å². The second-order valence-corrected chi connectivity index (χ2v) is 5.59. The molecule has 23 heavy (non-hydrogen) atoms. The molecule has 1 atom stereocenters. The third-order valence-electron chi connectivity index (χ3n) is 3.93. The van der Waals surface area contributed by atoms with Gasteiger partial charge in [-0.3, -0.25) is 9.78 Å². The Hall–Kier alpha value is -2.75. The molecular weight excluding hydrogens is 286 g/mol. The first kappa shape index (κ1) is 15.2. The van der Waals surface area contributed by atoms with Gasteiger partial charge in [-0.2, -0.15) is 0 Å². The maximum Gasteiger partial charge on any atom is 0.252 e. The largest absolute Gasteiger partial charge is 0.350 e. The number of aromatic nitrogens is 2. The highest BCUT2D eigenvalue weighted by Gasteiger charge is 2.15. The molecule has 2 aromatic heterocycles. The maximum atomic E-state index is 12.7. The fraction of sp³-hybridized carbons (Fsp3) is 0.211. The van der Waals surface area contributed by atoms with E-state index in [4.69, 9.17) is 0 Å². The molecule has 0 radical (unpaired) electrons. The van der Waals surface area contributed by atoms with Crippen LogP contribution in [0.5, 0.6) is 0 Å². The van der Waals surface area contributed by atoms with Crippen molar-refractivity contribution in [2.75, 3.05) is 0 Å². The van der Waals surface area contributed by atoms with Crippen LogP contribution < -0.4 is 5.32 Å². The molecule has 2 heterocycles. The number of fused-ring (bicyclic) bond motifs is 1. The topological polar surface area (TPSA) is 54.9 Å². The highest BCUT2D eigenvalue weighted by Crippen LogP contribution is 2.24. The Morgan fingerprint density at radius 2 is 1.91 bits per heavy atom. The van der Waals surface area contributed by atoms with E-state index in [1.807, 2.05) is 49.4 Å². The van der Waals surface area contributed by atoms with Gasteiger partial charge in [-0.1, -0.05) is 25.1 Å². The molecule has 0 spiro atoms. The van der Waals surface area contributed by atoms with Gasteiger partial charge in [0.05, 0.1) is 16.8 Å². The Morgan fingerprint density at radius 1 is 1.17 bits per heavy atom. The summed E-state index contributed by atoms with van der Waals surface area (Å²) in [6.07, 6.45) is 4.35. The van der Waals surface area contributed by atoms with Crippen LogP contribution in [0.4, 0.5) is 0 Å². The number of nitrogens with zero attached hydrogens (tertiary/aromatic N) is 2. The number of hydrogen-bond donors (Lipinski definition) is 1. The van der Waals surface area contributed by atoms with E-state index in [2.05, 4.69) is 22.2 Å². The first-order chi connectivity index (χ1) is 11.2. The Kier molecular flexibility index (Phi) is 4.33. The van der Waals surface area contributed by atoms with Crippen LogP contribution in [0, 0.1) is 0 Å². The lowest BCUT2D eigenvalue weighted by Crippen LogP contribution is -2.32. The van der Waals surface area contributed by atoms with Crippen LogP contribution in [-0.2, 0) is 0 Å². The smallest absolute Gasteiger partial charge is 0.252 e. The molecule has 0 aliphatic rings. The summed E-state index contributed by atoms with van der Waals surface area (Å²) in [7, 11) is 0. The Bertz CT molecular complexity index is 830. The summed E-state index contributed by atoms with van der Waals surface area (Å²) in [5.74, 6) is -0.0618. The zero-order chi connectivity index (χ0) is 16.2. The Labute approximate surface area is 135 Å². The molecule has 3 aromatic rings. The number of benzene rings is 1. The zero-order valence-corrected chi connectivity index (χ0v) is 13.3. The van der Waals surface area contributed by atoms with E-state index in [1.165, 1.54) is 0 Å². The Balaban J connectivity index is 2.13. The highest BCUT2D eigenvalue weighted by molar-refractivity contribution is 6.07. The highest BCUT2D eigenvalue weighted by atomic mass is 16.1. The fourth-order valence-corrected chi connectivity index (χ4v) is 2.44. The van der Waals surface area contributed by atoms with Crippen molar-refractivity contribution in [3.8, 4) is 11.3 Å². The van der Waals surface area contributed by atoms with Crippen LogP contribution in [0.1, 0.15) is 30.6 Å². The monoisotopic (exact) mass is 305 g/mol. The van der Waals surface area contributed by atoms with Gasteiger partial charge in [0, 0.05) is 29.4 Å². The van der Waals surface area contributed by atoms with Crippen molar-refractivity contribution in [1.29, 1.82) is 0 Å². The molecule has 4 heteroatoms.